The van der Waals surface area contributed by atoms with Crippen LogP contribution < -0.4 is 11.1 Å². The van der Waals surface area contributed by atoms with E-state index in [1.54, 1.807) is 12.1 Å². The van der Waals surface area contributed by atoms with Gasteiger partial charge in [-0.25, -0.2) is 4.39 Å². The Morgan fingerprint density at radius 2 is 2.32 bits per heavy atom. The highest BCUT2D eigenvalue weighted by molar-refractivity contribution is 5.92. The van der Waals surface area contributed by atoms with Crippen LogP contribution in [0.1, 0.15) is 0 Å². The number of carbonyl (C=O) groups excluding carboxylic acids is 1. The number of carbonyl (C=O) groups is 1. The molecular weight excluding hydrogens is 249 g/mol. The van der Waals surface area contributed by atoms with Gasteiger partial charge in [0.05, 0.1) is 24.9 Å². The number of anilines is 1. The summed E-state index contributed by atoms with van der Waals surface area (Å²) in [4.78, 5) is 13.8. The fourth-order valence-electron chi connectivity index (χ4n) is 2.02. The Bertz CT molecular complexity index is 442. The van der Waals surface area contributed by atoms with Gasteiger partial charge in [-0.3, -0.25) is 9.69 Å². The van der Waals surface area contributed by atoms with E-state index in [1.807, 2.05) is 4.90 Å². The molecule has 0 aliphatic carbocycles. The quantitative estimate of drug-likeness (QED) is 0.830. The fourth-order valence-corrected chi connectivity index (χ4v) is 2.02. The van der Waals surface area contributed by atoms with Crippen LogP contribution in [-0.4, -0.2) is 49.7 Å². The Kier molecular flexibility index (Phi) is 4.84. The van der Waals surface area contributed by atoms with E-state index in [4.69, 9.17) is 10.5 Å². The molecule has 1 atom stereocenters. The summed E-state index contributed by atoms with van der Waals surface area (Å²) >= 11 is 0. The Labute approximate surface area is 111 Å². The second-order valence-electron chi connectivity index (χ2n) is 4.49. The summed E-state index contributed by atoms with van der Waals surface area (Å²) in [6.45, 7) is 2.52. The number of benzene rings is 1. The van der Waals surface area contributed by atoms with Gasteiger partial charge in [0.15, 0.2) is 0 Å². The SMILES string of the molecule is NCC1CN(CC(=O)Nc2ccccc2F)CCO1. The highest BCUT2D eigenvalue weighted by atomic mass is 19.1. The summed E-state index contributed by atoms with van der Waals surface area (Å²) in [7, 11) is 0. The van der Waals surface area contributed by atoms with E-state index in [0.717, 1.165) is 0 Å². The van der Waals surface area contributed by atoms with Crippen molar-refractivity contribution in [1.82, 2.24) is 4.90 Å². The molecule has 0 aromatic heterocycles. The highest BCUT2D eigenvalue weighted by Crippen LogP contribution is 2.12. The minimum absolute atomic E-state index is 0.0324. The second kappa shape index (κ2) is 6.60. The van der Waals surface area contributed by atoms with E-state index in [0.29, 0.717) is 26.2 Å². The van der Waals surface area contributed by atoms with Crippen LogP contribution in [0.5, 0.6) is 0 Å². The van der Waals surface area contributed by atoms with Crippen LogP contribution in [0.2, 0.25) is 0 Å². The molecule has 1 aromatic rings. The number of amides is 1. The van der Waals surface area contributed by atoms with Crippen LogP contribution in [-0.2, 0) is 9.53 Å². The lowest BCUT2D eigenvalue weighted by molar-refractivity contribution is -0.119. The summed E-state index contributed by atoms with van der Waals surface area (Å²) in [6, 6.07) is 6.11. The number of nitrogens with zero attached hydrogens (tertiary/aromatic N) is 1. The summed E-state index contributed by atoms with van der Waals surface area (Å²) < 4.78 is 18.8. The Morgan fingerprint density at radius 3 is 3.05 bits per heavy atom. The number of hydrogen-bond donors (Lipinski definition) is 2. The van der Waals surface area contributed by atoms with Crippen molar-refractivity contribution in [1.29, 1.82) is 0 Å². The fraction of sp³-hybridized carbons (Fsp3) is 0.462. The molecule has 1 unspecified atom stereocenters. The zero-order valence-electron chi connectivity index (χ0n) is 10.6. The third kappa shape index (κ3) is 3.99. The maximum absolute atomic E-state index is 13.4. The number of morpholine rings is 1. The van der Waals surface area contributed by atoms with E-state index in [9.17, 15) is 9.18 Å². The monoisotopic (exact) mass is 267 g/mol. The maximum Gasteiger partial charge on any atom is 0.238 e. The van der Waals surface area contributed by atoms with Crippen LogP contribution in [0.3, 0.4) is 0 Å². The van der Waals surface area contributed by atoms with Crippen LogP contribution in [0.25, 0.3) is 0 Å². The van der Waals surface area contributed by atoms with Gasteiger partial charge in [-0.1, -0.05) is 12.1 Å². The molecule has 1 aliphatic heterocycles. The van der Waals surface area contributed by atoms with Gasteiger partial charge in [-0.2, -0.15) is 0 Å². The predicted molar refractivity (Wildman–Crippen MR) is 70.3 cm³/mol. The molecule has 1 fully saturated rings. The molecule has 5 nitrogen and oxygen atoms in total. The standard InChI is InChI=1S/C13H18FN3O2/c14-11-3-1-2-4-12(11)16-13(18)9-17-5-6-19-10(7-15)8-17/h1-4,10H,5-9,15H2,(H,16,18). The summed E-state index contributed by atoms with van der Waals surface area (Å²) in [5.74, 6) is -0.666. The topological polar surface area (TPSA) is 67.6 Å². The Hall–Kier alpha value is -1.50. The normalized spacial score (nSPS) is 20.2. The molecule has 1 amide bonds. The number of ether oxygens (including phenoxy) is 1. The van der Waals surface area contributed by atoms with E-state index in [-0.39, 0.29) is 24.2 Å². The third-order valence-electron chi connectivity index (χ3n) is 3.00. The third-order valence-corrected chi connectivity index (χ3v) is 3.00. The van der Waals surface area contributed by atoms with Gasteiger partial charge < -0.3 is 15.8 Å². The molecule has 0 bridgehead atoms. The van der Waals surface area contributed by atoms with Crippen molar-refractivity contribution in [3.05, 3.63) is 30.1 Å². The van der Waals surface area contributed by atoms with Crippen molar-refractivity contribution in [2.75, 3.05) is 38.1 Å². The minimum atomic E-state index is -0.433. The number of nitrogens with one attached hydrogen (secondary N) is 1. The molecule has 1 aliphatic rings. The highest BCUT2D eigenvalue weighted by Gasteiger charge is 2.21. The molecule has 0 spiro atoms. The smallest absolute Gasteiger partial charge is 0.238 e. The van der Waals surface area contributed by atoms with Crippen molar-refractivity contribution in [3.63, 3.8) is 0 Å². The molecule has 1 heterocycles. The molecule has 0 saturated carbocycles. The first-order valence-electron chi connectivity index (χ1n) is 6.27. The number of para-hydroxylation sites is 1. The predicted octanol–water partition coefficient (Wildman–Crippen LogP) is 0.424. The van der Waals surface area contributed by atoms with Gasteiger partial charge >= 0.3 is 0 Å². The maximum atomic E-state index is 13.4. The van der Waals surface area contributed by atoms with E-state index in [1.165, 1.54) is 12.1 Å². The first kappa shape index (κ1) is 13.9. The summed E-state index contributed by atoms with van der Waals surface area (Å²) in [6.07, 6.45) is -0.0324. The molecular formula is C13H18FN3O2. The first-order chi connectivity index (χ1) is 9.19. The zero-order chi connectivity index (χ0) is 13.7. The van der Waals surface area contributed by atoms with Crippen LogP contribution in [0, 0.1) is 5.82 Å². The van der Waals surface area contributed by atoms with Gasteiger partial charge in [-0.05, 0) is 12.1 Å². The molecule has 1 saturated heterocycles. The van der Waals surface area contributed by atoms with E-state index >= 15 is 0 Å². The molecule has 0 radical (unpaired) electrons. The lowest BCUT2D eigenvalue weighted by Gasteiger charge is -2.31. The first-order valence-corrected chi connectivity index (χ1v) is 6.27. The molecule has 104 valence electrons. The van der Waals surface area contributed by atoms with Crippen molar-refractivity contribution in [2.45, 2.75) is 6.10 Å². The Balaban J connectivity index is 1.86. The number of halogens is 1. The molecule has 2 rings (SSSR count). The van der Waals surface area contributed by atoms with Crippen LogP contribution >= 0.6 is 0 Å². The second-order valence-corrected chi connectivity index (χ2v) is 4.49. The summed E-state index contributed by atoms with van der Waals surface area (Å²) in [5.41, 5.74) is 5.74. The minimum Gasteiger partial charge on any atom is -0.374 e. The Morgan fingerprint density at radius 1 is 1.53 bits per heavy atom. The average molecular weight is 267 g/mol. The zero-order valence-corrected chi connectivity index (χ0v) is 10.6. The van der Waals surface area contributed by atoms with Crippen molar-refractivity contribution >= 4 is 11.6 Å². The number of nitrogens with two attached hydrogens (primary N) is 1. The van der Waals surface area contributed by atoms with Gasteiger partial charge in [0.1, 0.15) is 5.82 Å². The average Bonchev–Trinajstić information content (AvgIpc) is 2.41. The van der Waals surface area contributed by atoms with Crippen LogP contribution in [0.4, 0.5) is 10.1 Å². The summed E-state index contributed by atoms with van der Waals surface area (Å²) in [5, 5.41) is 2.56. The molecule has 6 heteroatoms. The van der Waals surface area contributed by atoms with Gasteiger partial charge in [0.2, 0.25) is 5.91 Å². The number of hydrogen-bond acceptors (Lipinski definition) is 4. The van der Waals surface area contributed by atoms with Gasteiger partial charge in [0, 0.05) is 19.6 Å². The van der Waals surface area contributed by atoms with Gasteiger partial charge in [-0.15, -0.1) is 0 Å². The molecule has 3 N–H and O–H groups in total. The molecule has 19 heavy (non-hydrogen) atoms. The van der Waals surface area contributed by atoms with Crippen LogP contribution in [0.15, 0.2) is 24.3 Å². The van der Waals surface area contributed by atoms with Crippen molar-refractivity contribution in [2.24, 2.45) is 5.73 Å². The van der Waals surface area contributed by atoms with Crippen molar-refractivity contribution in [3.8, 4) is 0 Å². The lowest BCUT2D eigenvalue weighted by Crippen LogP contribution is -2.48. The molecule has 1 aromatic carbocycles. The largest absolute Gasteiger partial charge is 0.374 e. The lowest BCUT2D eigenvalue weighted by atomic mass is 10.2. The number of rotatable bonds is 4. The van der Waals surface area contributed by atoms with Gasteiger partial charge in [0.25, 0.3) is 0 Å². The van der Waals surface area contributed by atoms with E-state index in [2.05, 4.69) is 5.32 Å². The van der Waals surface area contributed by atoms with E-state index < -0.39 is 5.82 Å². The van der Waals surface area contributed by atoms with Crippen molar-refractivity contribution < 1.29 is 13.9 Å².